The van der Waals surface area contributed by atoms with Crippen molar-refractivity contribution in [1.82, 2.24) is 14.9 Å². The van der Waals surface area contributed by atoms with Gasteiger partial charge >= 0.3 is 0 Å². The van der Waals surface area contributed by atoms with Gasteiger partial charge in [-0.1, -0.05) is 18.1 Å². The zero-order valence-electron chi connectivity index (χ0n) is 15.6. The summed E-state index contributed by atoms with van der Waals surface area (Å²) in [5.74, 6) is 0.126. The highest BCUT2D eigenvalue weighted by Crippen LogP contribution is 2.19. The van der Waals surface area contributed by atoms with Crippen LogP contribution >= 0.6 is 23.6 Å². The number of thiophene rings is 1. The van der Waals surface area contributed by atoms with Gasteiger partial charge in [0.15, 0.2) is 4.77 Å². The maximum absolute atomic E-state index is 12.4. The molecule has 1 aliphatic carbocycles. The van der Waals surface area contributed by atoms with Crippen LogP contribution in [0.3, 0.4) is 0 Å². The third-order valence-corrected chi connectivity index (χ3v) is 6.26. The first kappa shape index (κ1) is 20.0. The zero-order chi connectivity index (χ0) is 19.1. The summed E-state index contributed by atoms with van der Waals surface area (Å²) in [7, 11) is 0. The second-order valence-electron chi connectivity index (χ2n) is 7.07. The van der Waals surface area contributed by atoms with E-state index in [0.717, 1.165) is 42.4 Å². The molecule has 5 nitrogen and oxygen atoms in total. The first-order valence-corrected chi connectivity index (χ1v) is 11.1. The smallest absolute Gasteiger partial charge is 0.272 e. The Balaban J connectivity index is 1.34. The molecule has 1 amide bonds. The molecule has 0 atom stereocenters. The number of rotatable bonds is 9. The number of fused-ring (bicyclic) bond motifs is 1. The van der Waals surface area contributed by atoms with E-state index in [2.05, 4.69) is 16.4 Å². The Morgan fingerprint density at radius 3 is 3.00 bits per heavy atom. The molecule has 2 aromatic heterocycles. The van der Waals surface area contributed by atoms with Crippen LogP contribution in [0.15, 0.2) is 27.9 Å². The van der Waals surface area contributed by atoms with Crippen molar-refractivity contribution < 1.29 is 4.79 Å². The molecule has 1 aliphatic rings. The summed E-state index contributed by atoms with van der Waals surface area (Å²) < 4.78 is 2.82. The van der Waals surface area contributed by atoms with Gasteiger partial charge in [-0.2, -0.15) is 0 Å². The van der Waals surface area contributed by atoms with Crippen LogP contribution in [0.4, 0.5) is 0 Å². The number of carbonyl (C=O) groups is 1. The maximum atomic E-state index is 12.4. The minimum atomic E-state index is -0.0153. The van der Waals surface area contributed by atoms with E-state index in [0.29, 0.717) is 17.7 Å². The number of unbranched alkanes of at least 4 members (excludes halogenated alkanes) is 2. The molecule has 0 radical (unpaired) electrons. The van der Waals surface area contributed by atoms with Crippen LogP contribution < -0.4 is 10.9 Å². The minimum absolute atomic E-state index is 0.0153. The average Bonchev–Trinajstić information content (AvgIpc) is 3.13. The number of H-pyrrole nitrogens is 1. The van der Waals surface area contributed by atoms with Crippen LogP contribution in [-0.4, -0.2) is 22.0 Å². The Labute approximate surface area is 168 Å². The Morgan fingerprint density at radius 2 is 2.19 bits per heavy atom. The van der Waals surface area contributed by atoms with Crippen LogP contribution in [0, 0.1) is 4.77 Å². The zero-order valence-corrected chi connectivity index (χ0v) is 17.2. The Bertz CT molecular complexity index is 923. The Hall–Kier alpha value is -1.73. The number of aromatic amines is 1. The number of amides is 1. The van der Waals surface area contributed by atoms with E-state index < -0.39 is 0 Å². The van der Waals surface area contributed by atoms with Gasteiger partial charge in [-0.05, 0) is 68.6 Å². The standard InChI is InChI=1S/C20H27N3O2S2/c24-17(21-12-10-15-7-3-1-4-8-15)9-5-2-6-13-23-19(25)18-16(11-14-27-18)22-20(23)26/h7,11,14H,1-6,8-10,12-13H2,(H,21,24)(H,22,26). The lowest BCUT2D eigenvalue weighted by molar-refractivity contribution is -0.121. The fourth-order valence-corrected chi connectivity index (χ4v) is 4.57. The van der Waals surface area contributed by atoms with Gasteiger partial charge in [-0.25, -0.2) is 0 Å². The second kappa shape index (κ2) is 9.99. The van der Waals surface area contributed by atoms with E-state index in [-0.39, 0.29) is 11.5 Å². The molecule has 2 N–H and O–H groups in total. The summed E-state index contributed by atoms with van der Waals surface area (Å²) in [6, 6.07) is 1.88. The Morgan fingerprint density at radius 1 is 1.30 bits per heavy atom. The van der Waals surface area contributed by atoms with Crippen LogP contribution in [0.2, 0.25) is 0 Å². The molecule has 0 aliphatic heterocycles. The van der Waals surface area contributed by atoms with Gasteiger partial charge in [-0.15, -0.1) is 11.3 Å². The molecule has 0 aromatic carbocycles. The number of allylic oxidation sites excluding steroid dienone is 1. The summed E-state index contributed by atoms with van der Waals surface area (Å²) >= 11 is 6.73. The molecular formula is C20H27N3O2S2. The molecule has 3 rings (SSSR count). The largest absolute Gasteiger partial charge is 0.356 e. The molecule has 2 heterocycles. The third kappa shape index (κ3) is 5.62. The summed E-state index contributed by atoms with van der Waals surface area (Å²) in [5.41, 5.74) is 2.29. The quantitative estimate of drug-likeness (QED) is 0.361. The second-order valence-corrected chi connectivity index (χ2v) is 8.37. The van der Waals surface area contributed by atoms with E-state index in [1.807, 2.05) is 11.4 Å². The van der Waals surface area contributed by atoms with Gasteiger partial charge in [0.1, 0.15) is 4.70 Å². The molecule has 0 unspecified atom stereocenters. The minimum Gasteiger partial charge on any atom is -0.356 e. The number of nitrogens with one attached hydrogen (secondary N) is 2. The van der Waals surface area contributed by atoms with Crippen molar-refractivity contribution in [3.05, 3.63) is 38.2 Å². The summed E-state index contributed by atoms with van der Waals surface area (Å²) in [5, 5.41) is 4.91. The first-order chi connectivity index (χ1) is 13.1. The van der Waals surface area contributed by atoms with Crippen molar-refractivity contribution in [2.75, 3.05) is 6.54 Å². The number of aromatic nitrogens is 2. The first-order valence-electron chi connectivity index (χ1n) is 9.80. The molecule has 0 fully saturated rings. The van der Waals surface area contributed by atoms with Gasteiger partial charge in [-0.3, -0.25) is 14.2 Å². The number of carbonyl (C=O) groups excluding carboxylic acids is 1. The van der Waals surface area contributed by atoms with Gasteiger partial charge in [0.2, 0.25) is 5.91 Å². The highest BCUT2D eigenvalue weighted by atomic mass is 32.1. The third-order valence-electron chi connectivity index (χ3n) is 5.03. The predicted octanol–water partition coefficient (Wildman–Crippen LogP) is 4.69. The summed E-state index contributed by atoms with van der Waals surface area (Å²) in [4.78, 5) is 27.5. The average molecular weight is 406 g/mol. The molecule has 7 heteroatoms. The number of nitrogens with zero attached hydrogens (tertiary/aromatic N) is 1. The van der Waals surface area contributed by atoms with E-state index in [1.54, 1.807) is 4.57 Å². The SMILES string of the molecule is O=C(CCCCCn1c(=S)[nH]c2ccsc2c1=O)NCCC1=CCCCC1. The number of hydrogen-bond acceptors (Lipinski definition) is 4. The molecule has 0 bridgehead atoms. The Kier molecular flexibility index (Phi) is 7.41. The fraction of sp³-hybridized carbons (Fsp3) is 0.550. The summed E-state index contributed by atoms with van der Waals surface area (Å²) in [6.07, 6.45) is 11.4. The number of hydrogen-bond donors (Lipinski definition) is 2. The lowest BCUT2D eigenvalue weighted by Crippen LogP contribution is -2.24. The molecule has 2 aromatic rings. The van der Waals surface area contributed by atoms with E-state index in [1.165, 1.54) is 42.6 Å². The van der Waals surface area contributed by atoms with Crippen molar-refractivity contribution in [3.8, 4) is 0 Å². The van der Waals surface area contributed by atoms with E-state index in [9.17, 15) is 9.59 Å². The van der Waals surface area contributed by atoms with Gasteiger partial charge < -0.3 is 10.3 Å². The highest BCUT2D eigenvalue weighted by Gasteiger charge is 2.07. The van der Waals surface area contributed by atoms with Gasteiger partial charge in [0.25, 0.3) is 5.56 Å². The van der Waals surface area contributed by atoms with E-state index >= 15 is 0 Å². The van der Waals surface area contributed by atoms with Crippen LogP contribution in [-0.2, 0) is 11.3 Å². The highest BCUT2D eigenvalue weighted by molar-refractivity contribution is 7.71. The molecule has 0 saturated heterocycles. The van der Waals surface area contributed by atoms with Crippen molar-refractivity contribution in [3.63, 3.8) is 0 Å². The van der Waals surface area contributed by atoms with Gasteiger partial charge in [0.05, 0.1) is 5.52 Å². The van der Waals surface area contributed by atoms with Crippen molar-refractivity contribution in [2.24, 2.45) is 0 Å². The molecule has 146 valence electrons. The molecule has 0 saturated carbocycles. The van der Waals surface area contributed by atoms with Crippen molar-refractivity contribution in [1.29, 1.82) is 0 Å². The van der Waals surface area contributed by atoms with Crippen LogP contribution in [0.5, 0.6) is 0 Å². The monoisotopic (exact) mass is 405 g/mol. The van der Waals surface area contributed by atoms with Gasteiger partial charge in [0, 0.05) is 19.5 Å². The fourth-order valence-electron chi connectivity index (χ4n) is 3.49. The maximum Gasteiger partial charge on any atom is 0.272 e. The molecule has 27 heavy (non-hydrogen) atoms. The lowest BCUT2D eigenvalue weighted by Gasteiger charge is -2.13. The normalized spacial score (nSPS) is 14.3. The van der Waals surface area contributed by atoms with Crippen molar-refractivity contribution >= 4 is 39.7 Å². The van der Waals surface area contributed by atoms with Crippen LogP contribution in [0.1, 0.15) is 57.8 Å². The van der Waals surface area contributed by atoms with Crippen LogP contribution in [0.25, 0.3) is 10.2 Å². The van der Waals surface area contributed by atoms with Crippen molar-refractivity contribution in [2.45, 2.75) is 64.3 Å². The predicted molar refractivity (Wildman–Crippen MR) is 114 cm³/mol. The van der Waals surface area contributed by atoms with E-state index in [4.69, 9.17) is 12.2 Å². The molecule has 0 spiro atoms. The summed E-state index contributed by atoms with van der Waals surface area (Å²) in [6.45, 7) is 1.34. The topological polar surface area (TPSA) is 66.9 Å². The molecular weight excluding hydrogens is 378 g/mol. The lowest BCUT2D eigenvalue weighted by atomic mass is 9.97.